The van der Waals surface area contributed by atoms with Crippen molar-refractivity contribution in [2.45, 2.75) is 24.8 Å². The molecule has 1 aromatic rings. The number of carboxylic acid groups (broad SMARTS) is 1. The molecule has 0 radical (unpaired) electrons. The van der Waals surface area contributed by atoms with Crippen LogP contribution in [0, 0.1) is 5.92 Å². The lowest BCUT2D eigenvalue weighted by molar-refractivity contribution is -0.140. The maximum atomic E-state index is 12.1. The molecule has 0 aliphatic carbocycles. The first-order chi connectivity index (χ1) is 8.79. The molecule has 1 rings (SSSR count). The number of nitrogens with one attached hydrogen (secondary N) is 1. The van der Waals surface area contributed by atoms with Crippen LogP contribution in [0.25, 0.3) is 0 Å². The van der Waals surface area contributed by atoms with Crippen LogP contribution in [0.3, 0.4) is 0 Å². The van der Waals surface area contributed by atoms with E-state index < -0.39 is 28.0 Å². The lowest BCUT2D eigenvalue weighted by Gasteiger charge is -2.18. The van der Waals surface area contributed by atoms with Crippen molar-refractivity contribution < 1.29 is 23.1 Å². The van der Waals surface area contributed by atoms with Crippen LogP contribution < -0.4 is 4.72 Å². The monoisotopic (exact) mass is 285 g/mol. The van der Waals surface area contributed by atoms with Crippen molar-refractivity contribution in [1.29, 1.82) is 0 Å². The molecule has 7 heteroatoms. The number of carboxylic acids is 1. The average molecular weight is 285 g/mol. The van der Waals surface area contributed by atoms with Crippen LogP contribution in [0.1, 0.15) is 24.2 Å². The van der Waals surface area contributed by atoms with Gasteiger partial charge in [-0.05, 0) is 12.0 Å². The lowest BCUT2D eigenvalue weighted by atomic mass is 10.1. The van der Waals surface area contributed by atoms with E-state index >= 15 is 0 Å². The number of hydrogen-bond acceptors (Lipinski definition) is 4. The molecule has 0 bridgehead atoms. The smallest absolute Gasteiger partial charge is 0.322 e. The molecule has 0 saturated heterocycles. The van der Waals surface area contributed by atoms with E-state index in [1.807, 2.05) is 0 Å². The number of carbonyl (C=O) groups is 2. The van der Waals surface area contributed by atoms with E-state index in [1.54, 1.807) is 13.8 Å². The van der Waals surface area contributed by atoms with Crippen LogP contribution in [0.5, 0.6) is 0 Å². The Morgan fingerprint density at radius 2 is 1.89 bits per heavy atom. The van der Waals surface area contributed by atoms with E-state index in [4.69, 9.17) is 5.11 Å². The topological polar surface area (TPSA) is 101 Å². The molecule has 19 heavy (non-hydrogen) atoms. The second kappa shape index (κ2) is 5.94. The molecule has 0 fully saturated rings. The Morgan fingerprint density at radius 3 is 2.37 bits per heavy atom. The summed E-state index contributed by atoms with van der Waals surface area (Å²) in [5, 5.41) is 8.98. The van der Waals surface area contributed by atoms with Gasteiger partial charge in [0, 0.05) is 5.56 Å². The zero-order valence-corrected chi connectivity index (χ0v) is 11.3. The Morgan fingerprint density at radius 1 is 1.32 bits per heavy atom. The fourth-order valence-electron chi connectivity index (χ4n) is 1.52. The summed E-state index contributed by atoms with van der Waals surface area (Å²) in [5.41, 5.74) is -0.0112. The quantitative estimate of drug-likeness (QED) is 0.756. The summed E-state index contributed by atoms with van der Waals surface area (Å²) in [7, 11) is -4.05. The Kier molecular flexibility index (Phi) is 4.79. The number of sulfonamides is 1. The Labute approximate surface area is 111 Å². The number of aliphatic carboxylic acids is 1. The molecule has 1 atom stereocenters. The zero-order chi connectivity index (χ0) is 14.6. The van der Waals surface area contributed by atoms with Gasteiger partial charge in [0.2, 0.25) is 10.0 Å². The minimum atomic E-state index is -4.05. The third-order valence-electron chi connectivity index (χ3n) is 2.55. The minimum Gasteiger partial charge on any atom is -0.480 e. The van der Waals surface area contributed by atoms with Gasteiger partial charge < -0.3 is 5.11 Å². The van der Waals surface area contributed by atoms with Gasteiger partial charge in [0.15, 0.2) is 6.29 Å². The fourth-order valence-corrected chi connectivity index (χ4v) is 3.04. The largest absolute Gasteiger partial charge is 0.480 e. The second-order valence-electron chi connectivity index (χ2n) is 4.34. The molecule has 0 heterocycles. The molecule has 0 aromatic heterocycles. The number of aldehydes is 1. The van der Waals surface area contributed by atoms with E-state index in [9.17, 15) is 18.0 Å². The fraction of sp³-hybridized carbons (Fsp3) is 0.333. The summed E-state index contributed by atoms with van der Waals surface area (Å²) < 4.78 is 26.3. The molecule has 104 valence electrons. The van der Waals surface area contributed by atoms with Crippen LogP contribution in [0.15, 0.2) is 29.2 Å². The van der Waals surface area contributed by atoms with E-state index in [-0.39, 0.29) is 10.5 Å². The Balaban J connectivity index is 3.17. The van der Waals surface area contributed by atoms with Gasteiger partial charge in [0.25, 0.3) is 0 Å². The molecular weight excluding hydrogens is 270 g/mol. The Bertz CT molecular complexity index is 580. The summed E-state index contributed by atoms with van der Waals surface area (Å²) in [6.45, 7) is 3.18. The normalized spacial score (nSPS) is 13.2. The highest BCUT2D eigenvalue weighted by molar-refractivity contribution is 7.89. The molecule has 1 unspecified atom stereocenters. The molecule has 0 spiro atoms. The summed E-state index contributed by atoms with van der Waals surface area (Å²) in [6, 6.07) is 4.36. The maximum Gasteiger partial charge on any atom is 0.322 e. The number of rotatable bonds is 6. The highest BCUT2D eigenvalue weighted by Gasteiger charge is 2.29. The molecule has 2 N–H and O–H groups in total. The standard InChI is InChI=1S/C12H15NO5S/c1-8(2)11(12(15)16)13-19(17,18)10-6-4-3-5-9(10)7-14/h3-8,11,13H,1-2H3,(H,15,16). The van der Waals surface area contributed by atoms with Crippen LogP contribution in [0.4, 0.5) is 0 Å². The molecule has 0 saturated carbocycles. The Hall–Kier alpha value is -1.73. The van der Waals surface area contributed by atoms with E-state index in [0.29, 0.717) is 6.29 Å². The van der Waals surface area contributed by atoms with Crippen molar-refractivity contribution in [2.75, 3.05) is 0 Å². The summed E-state index contributed by atoms with van der Waals surface area (Å²) >= 11 is 0. The van der Waals surface area contributed by atoms with Gasteiger partial charge in [-0.25, -0.2) is 8.42 Å². The number of hydrogen-bond donors (Lipinski definition) is 2. The van der Waals surface area contributed by atoms with E-state index in [0.717, 1.165) is 0 Å². The van der Waals surface area contributed by atoms with Crippen LogP contribution >= 0.6 is 0 Å². The maximum absolute atomic E-state index is 12.1. The van der Waals surface area contributed by atoms with Crippen LogP contribution in [0.2, 0.25) is 0 Å². The van der Waals surface area contributed by atoms with Crippen molar-refractivity contribution >= 4 is 22.3 Å². The summed E-state index contributed by atoms with van der Waals surface area (Å²) in [4.78, 5) is 21.6. The lowest BCUT2D eigenvalue weighted by Crippen LogP contribution is -2.44. The van der Waals surface area contributed by atoms with E-state index in [1.165, 1.54) is 24.3 Å². The minimum absolute atomic E-state index is 0.0112. The SMILES string of the molecule is CC(C)C(NS(=O)(=O)c1ccccc1C=O)C(=O)O. The predicted molar refractivity (Wildman–Crippen MR) is 68.4 cm³/mol. The van der Waals surface area contributed by atoms with Gasteiger partial charge in [0.05, 0.1) is 4.90 Å². The van der Waals surface area contributed by atoms with Gasteiger partial charge in [0.1, 0.15) is 6.04 Å². The third kappa shape index (κ3) is 3.62. The highest BCUT2D eigenvalue weighted by atomic mass is 32.2. The molecule has 0 aliphatic heterocycles. The van der Waals surface area contributed by atoms with Gasteiger partial charge in [-0.3, -0.25) is 9.59 Å². The van der Waals surface area contributed by atoms with E-state index in [2.05, 4.69) is 4.72 Å². The van der Waals surface area contributed by atoms with Gasteiger partial charge in [-0.1, -0.05) is 32.0 Å². The van der Waals surface area contributed by atoms with Crippen molar-refractivity contribution in [2.24, 2.45) is 5.92 Å². The van der Waals surface area contributed by atoms with Crippen molar-refractivity contribution in [3.05, 3.63) is 29.8 Å². The van der Waals surface area contributed by atoms with Crippen LogP contribution in [-0.2, 0) is 14.8 Å². The van der Waals surface area contributed by atoms with Crippen molar-refractivity contribution in [3.8, 4) is 0 Å². The van der Waals surface area contributed by atoms with Gasteiger partial charge in [-0.2, -0.15) is 4.72 Å². The average Bonchev–Trinajstić information content (AvgIpc) is 2.35. The molecular formula is C12H15NO5S. The first-order valence-corrected chi connectivity index (χ1v) is 7.07. The second-order valence-corrected chi connectivity index (χ2v) is 6.02. The highest BCUT2D eigenvalue weighted by Crippen LogP contribution is 2.15. The summed E-state index contributed by atoms with van der Waals surface area (Å²) in [5.74, 6) is -1.68. The first kappa shape index (κ1) is 15.3. The summed E-state index contributed by atoms with van der Waals surface area (Å²) in [6.07, 6.45) is 0.416. The van der Waals surface area contributed by atoms with Crippen LogP contribution in [-0.4, -0.2) is 31.8 Å². The zero-order valence-electron chi connectivity index (χ0n) is 10.5. The predicted octanol–water partition coefficient (Wildman–Crippen LogP) is 0.887. The van der Waals surface area contributed by atoms with Crippen molar-refractivity contribution in [1.82, 2.24) is 4.72 Å². The number of benzene rings is 1. The molecule has 0 aliphatic rings. The first-order valence-electron chi connectivity index (χ1n) is 5.59. The molecule has 1 aromatic carbocycles. The van der Waals surface area contributed by atoms with Crippen molar-refractivity contribution in [3.63, 3.8) is 0 Å². The third-order valence-corrected chi connectivity index (χ3v) is 4.07. The molecule has 0 amide bonds. The van der Waals surface area contributed by atoms with Gasteiger partial charge >= 0.3 is 5.97 Å². The number of carbonyl (C=O) groups excluding carboxylic acids is 1. The molecule has 6 nitrogen and oxygen atoms in total. The van der Waals surface area contributed by atoms with Gasteiger partial charge in [-0.15, -0.1) is 0 Å².